The van der Waals surface area contributed by atoms with E-state index in [0.717, 1.165) is 23.4 Å². The van der Waals surface area contributed by atoms with Crippen molar-refractivity contribution in [2.24, 2.45) is 4.99 Å². The largest absolute Gasteiger partial charge is 0.416 e. The molecule has 5 nitrogen and oxygen atoms in total. The van der Waals surface area contributed by atoms with Gasteiger partial charge in [0.25, 0.3) is 0 Å². The second-order valence-corrected chi connectivity index (χ2v) is 6.09. The Labute approximate surface area is 184 Å². The van der Waals surface area contributed by atoms with Crippen LogP contribution >= 0.6 is 24.0 Å². The average molecular weight is 515 g/mol. The molecule has 3 aromatic rings. The third-order valence-corrected chi connectivity index (χ3v) is 4.10. The molecule has 0 unspecified atom stereocenters. The van der Waals surface area contributed by atoms with Gasteiger partial charge in [-0.1, -0.05) is 24.3 Å². The minimum atomic E-state index is -4.35. The van der Waals surface area contributed by atoms with Crippen molar-refractivity contribution in [3.8, 4) is 5.69 Å². The van der Waals surface area contributed by atoms with Crippen LogP contribution in [-0.4, -0.2) is 22.8 Å². The molecule has 0 spiro atoms. The highest BCUT2D eigenvalue weighted by Gasteiger charge is 2.30. The first-order valence-corrected chi connectivity index (χ1v) is 8.65. The van der Waals surface area contributed by atoms with Crippen molar-refractivity contribution in [2.45, 2.75) is 19.3 Å². The van der Waals surface area contributed by atoms with Crippen LogP contribution < -0.4 is 10.6 Å². The van der Waals surface area contributed by atoms with Crippen molar-refractivity contribution < 1.29 is 13.2 Å². The first-order chi connectivity index (χ1) is 13.5. The third-order valence-electron chi connectivity index (χ3n) is 4.10. The van der Waals surface area contributed by atoms with E-state index < -0.39 is 11.7 Å². The Kier molecular flexibility index (Phi) is 8.06. The van der Waals surface area contributed by atoms with Gasteiger partial charge in [0, 0.05) is 32.5 Å². The van der Waals surface area contributed by atoms with Crippen LogP contribution in [0.5, 0.6) is 0 Å². The van der Waals surface area contributed by atoms with E-state index in [0.29, 0.717) is 18.1 Å². The molecule has 1 aromatic heterocycles. The van der Waals surface area contributed by atoms with E-state index in [4.69, 9.17) is 0 Å². The molecule has 1 heterocycles. The van der Waals surface area contributed by atoms with E-state index in [2.05, 4.69) is 20.7 Å². The minimum absolute atomic E-state index is 0. The van der Waals surface area contributed by atoms with Crippen molar-refractivity contribution in [3.63, 3.8) is 0 Å². The number of hydrogen-bond acceptors (Lipinski definition) is 2. The first-order valence-electron chi connectivity index (χ1n) is 8.65. The number of benzene rings is 2. The fourth-order valence-electron chi connectivity index (χ4n) is 2.64. The van der Waals surface area contributed by atoms with Crippen molar-refractivity contribution in [1.29, 1.82) is 0 Å². The zero-order valence-electron chi connectivity index (χ0n) is 15.6. The summed E-state index contributed by atoms with van der Waals surface area (Å²) in [5.74, 6) is 0.508. The van der Waals surface area contributed by atoms with Crippen LogP contribution in [-0.2, 0) is 19.3 Å². The standard InChI is InChI=1S/C20H20F3N5.HI/c1-24-19(26-14-16-4-2-5-17(12-16)20(21,22)23)25-13-15-6-8-18(9-7-15)28-11-3-10-27-28;/h2-12H,13-14H2,1H3,(H2,24,25,26);1H. The van der Waals surface area contributed by atoms with Crippen LogP contribution in [0.2, 0.25) is 0 Å². The number of alkyl halides is 3. The molecule has 0 fully saturated rings. The van der Waals surface area contributed by atoms with E-state index in [1.54, 1.807) is 24.0 Å². The number of aliphatic imine (C=N–C) groups is 1. The lowest BCUT2D eigenvalue weighted by Gasteiger charge is -2.13. The molecule has 29 heavy (non-hydrogen) atoms. The molecule has 2 N–H and O–H groups in total. The minimum Gasteiger partial charge on any atom is -0.352 e. The van der Waals surface area contributed by atoms with Crippen LogP contribution in [0.3, 0.4) is 0 Å². The van der Waals surface area contributed by atoms with Gasteiger partial charge in [-0.2, -0.15) is 18.3 Å². The molecule has 154 valence electrons. The van der Waals surface area contributed by atoms with Gasteiger partial charge in [-0.05, 0) is 41.5 Å². The van der Waals surface area contributed by atoms with E-state index in [-0.39, 0.29) is 30.5 Å². The van der Waals surface area contributed by atoms with Crippen LogP contribution in [0.25, 0.3) is 5.69 Å². The van der Waals surface area contributed by atoms with Gasteiger partial charge in [0.2, 0.25) is 0 Å². The Hall–Kier alpha value is -2.56. The molecule has 0 radical (unpaired) electrons. The highest BCUT2D eigenvalue weighted by molar-refractivity contribution is 14.0. The normalized spacial score (nSPS) is 11.7. The molecular formula is C20H21F3IN5. The van der Waals surface area contributed by atoms with Crippen molar-refractivity contribution >= 4 is 29.9 Å². The van der Waals surface area contributed by atoms with Gasteiger partial charge in [0.15, 0.2) is 5.96 Å². The topological polar surface area (TPSA) is 54.2 Å². The summed E-state index contributed by atoms with van der Waals surface area (Å²) >= 11 is 0. The lowest BCUT2D eigenvalue weighted by Crippen LogP contribution is -2.36. The maximum Gasteiger partial charge on any atom is 0.416 e. The smallest absolute Gasteiger partial charge is 0.352 e. The Morgan fingerprint density at radius 2 is 1.69 bits per heavy atom. The number of aromatic nitrogens is 2. The maximum absolute atomic E-state index is 12.8. The average Bonchev–Trinajstić information content (AvgIpc) is 3.23. The molecule has 0 aliphatic rings. The van der Waals surface area contributed by atoms with Gasteiger partial charge in [0.1, 0.15) is 0 Å². The van der Waals surface area contributed by atoms with Crippen molar-refractivity contribution in [1.82, 2.24) is 20.4 Å². The SMILES string of the molecule is CN=C(NCc1ccc(-n2cccn2)cc1)NCc1cccc(C(F)(F)F)c1.I. The van der Waals surface area contributed by atoms with Crippen LogP contribution in [0.15, 0.2) is 72.0 Å². The van der Waals surface area contributed by atoms with Gasteiger partial charge >= 0.3 is 6.18 Å². The van der Waals surface area contributed by atoms with Crippen molar-refractivity contribution in [3.05, 3.63) is 83.7 Å². The first kappa shape index (κ1) is 22.7. The van der Waals surface area contributed by atoms with Crippen LogP contribution in [0.4, 0.5) is 13.2 Å². The monoisotopic (exact) mass is 515 g/mol. The lowest BCUT2D eigenvalue weighted by molar-refractivity contribution is -0.137. The van der Waals surface area contributed by atoms with Gasteiger partial charge in [-0.3, -0.25) is 4.99 Å². The zero-order chi connectivity index (χ0) is 20.0. The molecule has 0 aliphatic carbocycles. The van der Waals surface area contributed by atoms with E-state index in [1.165, 1.54) is 6.07 Å². The third kappa shape index (κ3) is 6.48. The molecule has 0 bridgehead atoms. The van der Waals surface area contributed by atoms with E-state index in [9.17, 15) is 13.2 Å². The number of rotatable bonds is 5. The number of nitrogens with zero attached hydrogens (tertiary/aromatic N) is 3. The molecule has 0 atom stereocenters. The highest BCUT2D eigenvalue weighted by Crippen LogP contribution is 2.29. The summed E-state index contributed by atoms with van der Waals surface area (Å²) in [6, 6.07) is 15.0. The molecule has 0 saturated carbocycles. The van der Waals surface area contributed by atoms with Gasteiger partial charge in [0.05, 0.1) is 11.3 Å². The fraction of sp³-hybridized carbons (Fsp3) is 0.200. The zero-order valence-corrected chi connectivity index (χ0v) is 18.0. The van der Waals surface area contributed by atoms with Gasteiger partial charge in [-0.25, -0.2) is 4.68 Å². The number of guanidine groups is 1. The summed E-state index contributed by atoms with van der Waals surface area (Å²) in [5.41, 5.74) is 1.87. The predicted molar refractivity (Wildman–Crippen MR) is 117 cm³/mol. The van der Waals surface area contributed by atoms with E-state index >= 15 is 0 Å². The number of hydrogen-bond donors (Lipinski definition) is 2. The fourth-order valence-corrected chi connectivity index (χ4v) is 2.64. The second kappa shape index (κ2) is 10.3. The van der Waals surface area contributed by atoms with Gasteiger partial charge in [-0.15, -0.1) is 24.0 Å². The Morgan fingerprint density at radius 3 is 2.28 bits per heavy atom. The van der Waals surface area contributed by atoms with Gasteiger partial charge < -0.3 is 10.6 Å². The Bertz CT molecular complexity index is 922. The molecule has 3 rings (SSSR count). The number of halogens is 4. The molecule has 0 amide bonds. The molecule has 0 saturated heterocycles. The summed E-state index contributed by atoms with van der Waals surface area (Å²) in [6.07, 6.45) is -0.763. The highest BCUT2D eigenvalue weighted by atomic mass is 127. The molecule has 2 aromatic carbocycles. The quantitative estimate of drug-likeness (QED) is 0.302. The second-order valence-electron chi connectivity index (χ2n) is 6.09. The summed E-state index contributed by atoms with van der Waals surface area (Å²) in [4.78, 5) is 4.11. The predicted octanol–water partition coefficient (Wildman–Crippen LogP) is 4.37. The molecule has 9 heteroatoms. The van der Waals surface area contributed by atoms with Crippen molar-refractivity contribution in [2.75, 3.05) is 7.05 Å². The maximum atomic E-state index is 12.8. The van der Waals surface area contributed by atoms with Crippen LogP contribution in [0, 0.1) is 0 Å². The summed E-state index contributed by atoms with van der Waals surface area (Å²) < 4.78 is 40.2. The lowest BCUT2D eigenvalue weighted by atomic mass is 10.1. The molecular weight excluding hydrogens is 494 g/mol. The Balaban J connectivity index is 0.00000300. The number of nitrogens with one attached hydrogen (secondary N) is 2. The van der Waals surface area contributed by atoms with Crippen LogP contribution in [0.1, 0.15) is 16.7 Å². The van der Waals surface area contributed by atoms with E-state index in [1.807, 2.05) is 36.5 Å². The Morgan fingerprint density at radius 1 is 1.00 bits per heavy atom. The summed E-state index contributed by atoms with van der Waals surface area (Å²) in [5, 5.41) is 10.4. The molecule has 0 aliphatic heterocycles. The summed E-state index contributed by atoms with van der Waals surface area (Å²) in [6.45, 7) is 0.767. The summed E-state index contributed by atoms with van der Waals surface area (Å²) in [7, 11) is 1.61.